The molecule has 20 heavy (non-hydrogen) atoms. The third-order valence-electron chi connectivity index (χ3n) is 4.79. The van der Waals surface area contributed by atoms with Gasteiger partial charge in [-0.2, -0.15) is 0 Å². The summed E-state index contributed by atoms with van der Waals surface area (Å²) in [5.74, 6) is 0. The first-order chi connectivity index (χ1) is 9.72. The van der Waals surface area contributed by atoms with Gasteiger partial charge in [0.15, 0.2) is 0 Å². The van der Waals surface area contributed by atoms with Gasteiger partial charge in [-0.15, -0.1) is 0 Å². The fourth-order valence-corrected chi connectivity index (χ4v) is 19.6. The fourth-order valence-electron chi connectivity index (χ4n) is 3.32. The molecule has 1 heterocycles. The third kappa shape index (κ3) is 5.16. The number of hydrogen-bond donors (Lipinski definition) is 0. The summed E-state index contributed by atoms with van der Waals surface area (Å²) in [6.07, 6.45) is 13.0. The van der Waals surface area contributed by atoms with E-state index in [1.54, 1.807) is 13.3 Å². The SMILES string of the molecule is CCC[CH2][Sn]([CH2]CCC)([CH2]CCC)[CH]1C=[N+](CC)C=N1. The molecular weight excluding hydrogens is 351 g/mol. The van der Waals surface area contributed by atoms with Crippen LogP contribution in [0.2, 0.25) is 13.3 Å². The van der Waals surface area contributed by atoms with Crippen LogP contribution in [-0.2, 0) is 0 Å². The molecule has 0 aliphatic carbocycles. The Labute approximate surface area is 130 Å². The average molecular weight is 386 g/mol. The molecule has 1 unspecified atom stereocenters. The summed E-state index contributed by atoms with van der Waals surface area (Å²) >= 11 is -2.15. The van der Waals surface area contributed by atoms with Gasteiger partial charge in [0.2, 0.25) is 0 Å². The molecule has 116 valence electrons. The molecule has 3 heteroatoms. The predicted molar refractivity (Wildman–Crippen MR) is 94.0 cm³/mol. The zero-order valence-corrected chi connectivity index (χ0v) is 17.1. The standard InChI is InChI=1S/C5H8N2.3C4H9.Sn/c1-2-7-4-3-6-5-7;3*1-3-4-2;/h3-5H,2H2,1H3;3*1,3-4H2,2H3;/q+1;;;;. The van der Waals surface area contributed by atoms with E-state index in [2.05, 4.69) is 44.8 Å². The van der Waals surface area contributed by atoms with Gasteiger partial charge in [-0.1, -0.05) is 0 Å². The van der Waals surface area contributed by atoms with Crippen molar-refractivity contribution in [1.82, 2.24) is 0 Å². The second-order valence-electron chi connectivity index (χ2n) is 6.36. The van der Waals surface area contributed by atoms with Gasteiger partial charge >= 0.3 is 131 Å². The quantitative estimate of drug-likeness (QED) is 0.355. The van der Waals surface area contributed by atoms with Gasteiger partial charge in [-0.3, -0.25) is 0 Å². The van der Waals surface area contributed by atoms with Gasteiger partial charge in [0.05, 0.1) is 0 Å². The average Bonchev–Trinajstić information content (AvgIpc) is 2.96. The third-order valence-corrected chi connectivity index (χ3v) is 20.8. The first-order valence-electron chi connectivity index (χ1n) is 8.86. The molecule has 0 aromatic rings. The molecule has 0 saturated heterocycles. The summed E-state index contributed by atoms with van der Waals surface area (Å²) in [5, 5.41) is 0. The molecule has 0 aromatic carbocycles. The maximum atomic E-state index is 4.96. The zero-order chi connectivity index (χ0) is 14.8. The van der Waals surface area contributed by atoms with E-state index in [-0.39, 0.29) is 0 Å². The fraction of sp³-hybridized carbons (Fsp3) is 0.882. The molecule has 0 N–H and O–H groups in total. The summed E-state index contributed by atoms with van der Waals surface area (Å²) in [7, 11) is 0. The Morgan fingerprint density at radius 3 is 1.75 bits per heavy atom. The topological polar surface area (TPSA) is 15.4 Å². The van der Waals surface area contributed by atoms with Crippen molar-refractivity contribution in [3.05, 3.63) is 0 Å². The molecular formula is C17H35N2Sn+. The molecule has 0 radical (unpaired) electrons. The summed E-state index contributed by atoms with van der Waals surface area (Å²) in [6.45, 7) is 10.3. The Morgan fingerprint density at radius 2 is 1.40 bits per heavy atom. The van der Waals surface area contributed by atoms with Gasteiger partial charge in [0.1, 0.15) is 0 Å². The van der Waals surface area contributed by atoms with E-state index in [9.17, 15) is 0 Å². The molecule has 1 rings (SSSR count). The van der Waals surface area contributed by atoms with Crippen molar-refractivity contribution in [2.75, 3.05) is 6.54 Å². The van der Waals surface area contributed by atoms with Crippen molar-refractivity contribution < 1.29 is 4.58 Å². The molecule has 2 nitrogen and oxygen atoms in total. The summed E-state index contributed by atoms with van der Waals surface area (Å²) in [4.78, 5) is 4.96. The molecule has 0 fully saturated rings. The zero-order valence-electron chi connectivity index (χ0n) is 14.2. The summed E-state index contributed by atoms with van der Waals surface area (Å²) in [5.41, 5.74) is 0. The van der Waals surface area contributed by atoms with E-state index >= 15 is 0 Å². The molecule has 1 aliphatic rings. The van der Waals surface area contributed by atoms with Gasteiger partial charge < -0.3 is 0 Å². The maximum absolute atomic E-state index is 4.96. The Bertz CT molecular complexity index is 301. The molecule has 0 saturated carbocycles. The van der Waals surface area contributed by atoms with Crippen molar-refractivity contribution in [2.24, 2.45) is 4.99 Å². The van der Waals surface area contributed by atoms with Gasteiger partial charge in [0.25, 0.3) is 0 Å². The molecule has 1 aliphatic heterocycles. The van der Waals surface area contributed by atoms with Crippen LogP contribution in [0.4, 0.5) is 0 Å². The minimum absolute atomic E-state index is 0.633. The van der Waals surface area contributed by atoms with E-state index in [0.29, 0.717) is 4.06 Å². The van der Waals surface area contributed by atoms with Crippen molar-refractivity contribution in [2.45, 2.75) is 83.6 Å². The van der Waals surface area contributed by atoms with E-state index < -0.39 is 18.4 Å². The first kappa shape index (κ1) is 18.2. The van der Waals surface area contributed by atoms with Gasteiger partial charge in [-0.05, 0) is 0 Å². The van der Waals surface area contributed by atoms with E-state index in [4.69, 9.17) is 4.99 Å². The van der Waals surface area contributed by atoms with Crippen molar-refractivity contribution in [3.8, 4) is 0 Å². The summed E-state index contributed by atoms with van der Waals surface area (Å²) in [6, 6.07) is 0. The first-order valence-corrected chi connectivity index (χ1v) is 16.6. The molecule has 0 amide bonds. The van der Waals surface area contributed by atoms with Crippen LogP contribution in [-0.4, -0.2) is 46.1 Å². The van der Waals surface area contributed by atoms with Gasteiger partial charge in [0, 0.05) is 0 Å². The number of rotatable bonds is 11. The van der Waals surface area contributed by atoms with E-state index in [0.717, 1.165) is 6.54 Å². The van der Waals surface area contributed by atoms with Gasteiger partial charge in [-0.25, -0.2) is 0 Å². The van der Waals surface area contributed by atoms with Crippen LogP contribution in [0, 0.1) is 0 Å². The van der Waals surface area contributed by atoms with Crippen LogP contribution in [0.25, 0.3) is 0 Å². The molecule has 0 spiro atoms. The van der Waals surface area contributed by atoms with Crippen LogP contribution in [0.5, 0.6) is 0 Å². The van der Waals surface area contributed by atoms with Crippen LogP contribution < -0.4 is 0 Å². The Kier molecular flexibility index (Phi) is 9.06. The van der Waals surface area contributed by atoms with Crippen molar-refractivity contribution in [1.29, 1.82) is 0 Å². The molecule has 0 bridgehead atoms. The second-order valence-corrected chi connectivity index (χ2v) is 20.1. The van der Waals surface area contributed by atoms with Crippen molar-refractivity contribution >= 4 is 30.9 Å². The Morgan fingerprint density at radius 1 is 0.900 bits per heavy atom. The van der Waals surface area contributed by atoms with Crippen LogP contribution in [0.1, 0.15) is 66.2 Å². The number of aliphatic imine (C=N–C) groups is 1. The predicted octanol–water partition coefficient (Wildman–Crippen LogP) is 4.89. The summed E-state index contributed by atoms with van der Waals surface area (Å²) < 4.78 is 7.62. The van der Waals surface area contributed by atoms with Crippen LogP contribution >= 0.6 is 0 Å². The van der Waals surface area contributed by atoms with Crippen LogP contribution in [0.3, 0.4) is 0 Å². The number of hydrogen-bond acceptors (Lipinski definition) is 1. The molecule has 0 aromatic heterocycles. The van der Waals surface area contributed by atoms with Crippen LogP contribution in [0.15, 0.2) is 4.99 Å². The van der Waals surface area contributed by atoms with E-state index in [1.165, 1.54) is 38.5 Å². The second kappa shape index (κ2) is 9.96. The normalized spacial score (nSPS) is 18.6. The van der Waals surface area contributed by atoms with E-state index in [1.807, 2.05) is 0 Å². The number of nitrogens with zero attached hydrogens (tertiary/aromatic N) is 2. The molecule has 1 atom stereocenters. The monoisotopic (exact) mass is 387 g/mol. The van der Waals surface area contributed by atoms with Crippen molar-refractivity contribution in [3.63, 3.8) is 0 Å². The minimum atomic E-state index is -2.15. The Balaban J connectivity index is 2.88. The number of unbranched alkanes of at least 4 members (excludes halogenated alkanes) is 3. The Hall–Kier alpha value is 0.139.